The Bertz CT molecular complexity index is 562. The molecule has 7 heteroatoms. The highest BCUT2D eigenvalue weighted by molar-refractivity contribution is 9.10. The lowest BCUT2D eigenvalue weighted by atomic mass is 10.0. The fourth-order valence-corrected chi connectivity index (χ4v) is 2.29. The number of anilines is 2. The van der Waals surface area contributed by atoms with Gasteiger partial charge in [-0.25, -0.2) is 9.97 Å². The van der Waals surface area contributed by atoms with Crippen LogP contribution >= 0.6 is 15.9 Å². The molecule has 0 atom stereocenters. The molecule has 2 aromatic heterocycles. The first-order valence-corrected chi connectivity index (χ1v) is 7.27. The van der Waals surface area contributed by atoms with Gasteiger partial charge in [0.25, 0.3) is 0 Å². The van der Waals surface area contributed by atoms with Crippen molar-refractivity contribution in [1.29, 1.82) is 0 Å². The Hall–Kier alpha value is -1.76. The minimum Gasteiger partial charge on any atom is -0.354 e. The summed E-state index contributed by atoms with van der Waals surface area (Å²) in [5.41, 5.74) is 0.944. The van der Waals surface area contributed by atoms with Gasteiger partial charge < -0.3 is 10.2 Å². The molecule has 0 spiro atoms. The second-order valence-electron chi connectivity index (χ2n) is 4.91. The van der Waals surface area contributed by atoms with Gasteiger partial charge in [-0.3, -0.25) is 0 Å². The van der Waals surface area contributed by atoms with Crippen LogP contribution in [0, 0.1) is 12.8 Å². The van der Waals surface area contributed by atoms with Crippen molar-refractivity contribution in [3.8, 4) is 0 Å². The van der Waals surface area contributed by atoms with Gasteiger partial charge in [-0.15, -0.1) is 5.10 Å². The predicted octanol–water partition coefficient (Wildman–Crippen LogP) is 1.89. The van der Waals surface area contributed by atoms with Crippen molar-refractivity contribution in [1.82, 2.24) is 20.2 Å². The molecule has 0 aliphatic carbocycles. The lowest BCUT2D eigenvalue weighted by Gasteiger charge is -2.39. The molecule has 1 aliphatic rings. The van der Waals surface area contributed by atoms with Crippen LogP contribution in [-0.4, -0.2) is 39.8 Å². The number of nitrogens with zero attached hydrogens (tertiary/aromatic N) is 5. The summed E-state index contributed by atoms with van der Waals surface area (Å²) < 4.78 is 0.885. The van der Waals surface area contributed by atoms with Gasteiger partial charge in [0.15, 0.2) is 5.82 Å². The van der Waals surface area contributed by atoms with Gasteiger partial charge in [0.05, 0.1) is 10.2 Å². The standard InChI is InChI=1S/C13H15BrN6/c1-9-2-3-12(19-18-9)20-7-10(8-20)4-15-13-16-5-11(14)6-17-13/h2-3,5-6,10H,4,7-8H2,1H3,(H,15,16,17). The third-order valence-electron chi connectivity index (χ3n) is 3.23. The number of rotatable bonds is 4. The molecule has 6 nitrogen and oxygen atoms in total. The monoisotopic (exact) mass is 334 g/mol. The topological polar surface area (TPSA) is 66.8 Å². The number of aromatic nitrogens is 4. The van der Waals surface area contributed by atoms with Crippen LogP contribution in [0.4, 0.5) is 11.8 Å². The van der Waals surface area contributed by atoms with Crippen molar-refractivity contribution >= 4 is 27.7 Å². The average molecular weight is 335 g/mol. The fourth-order valence-electron chi connectivity index (χ4n) is 2.09. The van der Waals surface area contributed by atoms with Crippen LogP contribution in [0.3, 0.4) is 0 Å². The fraction of sp³-hybridized carbons (Fsp3) is 0.385. The van der Waals surface area contributed by atoms with Gasteiger partial charge in [0.1, 0.15) is 0 Å². The SMILES string of the molecule is Cc1ccc(N2CC(CNc3ncc(Br)cn3)C2)nn1. The third-order valence-corrected chi connectivity index (χ3v) is 3.64. The van der Waals surface area contributed by atoms with E-state index in [-0.39, 0.29) is 0 Å². The Kier molecular flexibility index (Phi) is 3.77. The summed E-state index contributed by atoms with van der Waals surface area (Å²) in [5, 5.41) is 11.5. The maximum atomic E-state index is 4.19. The van der Waals surface area contributed by atoms with E-state index in [2.05, 4.69) is 46.3 Å². The van der Waals surface area contributed by atoms with Crippen molar-refractivity contribution in [2.75, 3.05) is 29.9 Å². The summed E-state index contributed by atoms with van der Waals surface area (Å²) in [4.78, 5) is 10.6. The average Bonchev–Trinajstić information content (AvgIpc) is 2.41. The second-order valence-corrected chi connectivity index (χ2v) is 5.83. The molecule has 0 bridgehead atoms. The van der Waals surface area contributed by atoms with Gasteiger partial charge in [0.2, 0.25) is 5.95 Å². The first kappa shape index (κ1) is 13.2. The second kappa shape index (κ2) is 5.70. The van der Waals surface area contributed by atoms with E-state index in [1.54, 1.807) is 12.4 Å². The number of hydrogen-bond donors (Lipinski definition) is 1. The Morgan fingerprint density at radius 3 is 2.65 bits per heavy atom. The van der Waals surface area contributed by atoms with E-state index >= 15 is 0 Å². The van der Waals surface area contributed by atoms with Crippen molar-refractivity contribution in [2.24, 2.45) is 5.92 Å². The highest BCUT2D eigenvalue weighted by Crippen LogP contribution is 2.22. The summed E-state index contributed by atoms with van der Waals surface area (Å²) >= 11 is 3.32. The molecular weight excluding hydrogens is 320 g/mol. The molecule has 1 fully saturated rings. The minimum atomic E-state index is 0.588. The molecule has 2 aromatic rings. The molecule has 1 N–H and O–H groups in total. The molecule has 1 saturated heterocycles. The molecule has 0 aromatic carbocycles. The lowest BCUT2D eigenvalue weighted by Crippen LogP contribution is -2.50. The van der Waals surface area contributed by atoms with Gasteiger partial charge in [-0.05, 0) is 35.0 Å². The van der Waals surface area contributed by atoms with E-state index in [1.807, 2.05) is 19.1 Å². The zero-order chi connectivity index (χ0) is 13.9. The largest absolute Gasteiger partial charge is 0.354 e. The van der Waals surface area contributed by atoms with E-state index in [4.69, 9.17) is 0 Å². The molecular formula is C13H15BrN6. The van der Waals surface area contributed by atoms with Crippen LogP contribution in [-0.2, 0) is 0 Å². The van der Waals surface area contributed by atoms with E-state index < -0.39 is 0 Å². The molecule has 3 rings (SSSR count). The van der Waals surface area contributed by atoms with E-state index in [0.717, 1.165) is 35.6 Å². The normalized spacial score (nSPS) is 15.0. The molecule has 20 heavy (non-hydrogen) atoms. The van der Waals surface area contributed by atoms with Crippen molar-refractivity contribution in [2.45, 2.75) is 6.92 Å². The van der Waals surface area contributed by atoms with Crippen LogP contribution in [0.1, 0.15) is 5.69 Å². The molecule has 1 aliphatic heterocycles. The van der Waals surface area contributed by atoms with Crippen molar-refractivity contribution in [3.63, 3.8) is 0 Å². The first-order chi connectivity index (χ1) is 9.70. The van der Waals surface area contributed by atoms with Crippen LogP contribution in [0.15, 0.2) is 29.0 Å². The molecule has 0 radical (unpaired) electrons. The van der Waals surface area contributed by atoms with E-state index in [9.17, 15) is 0 Å². The van der Waals surface area contributed by atoms with Gasteiger partial charge in [0, 0.05) is 37.9 Å². The minimum absolute atomic E-state index is 0.588. The summed E-state index contributed by atoms with van der Waals surface area (Å²) in [6, 6.07) is 4.01. The van der Waals surface area contributed by atoms with Crippen molar-refractivity contribution in [3.05, 3.63) is 34.7 Å². The summed E-state index contributed by atoms with van der Waals surface area (Å²) in [7, 11) is 0. The molecule has 0 saturated carbocycles. The van der Waals surface area contributed by atoms with Gasteiger partial charge >= 0.3 is 0 Å². The molecule has 0 amide bonds. The van der Waals surface area contributed by atoms with Gasteiger partial charge in [-0.1, -0.05) is 0 Å². The van der Waals surface area contributed by atoms with Crippen LogP contribution in [0.2, 0.25) is 0 Å². The quantitative estimate of drug-likeness (QED) is 0.920. The number of hydrogen-bond acceptors (Lipinski definition) is 6. The Morgan fingerprint density at radius 1 is 1.25 bits per heavy atom. The maximum Gasteiger partial charge on any atom is 0.222 e. The smallest absolute Gasteiger partial charge is 0.222 e. The first-order valence-electron chi connectivity index (χ1n) is 6.47. The number of aryl methyl sites for hydroxylation is 1. The van der Waals surface area contributed by atoms with Crippen LogP contribution in [0.25, 0.3) is 0 Å². The van der Waals surface area contributed by atoms with Crippen LogP contribution in [0.5, 0.6) is 0 Å². The third kappa shape index (κ3) is 3.04. The highest BCUT2D eigenvalue weighted by atomic mass is 79.9. The zero-order valence-corrected chi connectivity index (χ0v) is 12.7. The Morgan fingerprint density at radius 2 is 2.00 bits per heavy atom. The Labute approximate surface area is 125 Å². The molecule has 0 unspecified atom stereocenters. The number of nitrogens with one attached hydrogen (secondary N) is 1. The molecule has 3 heterocycles. The summed E-state index contributed by atoms with van der Waals surface area (Å²) in [6.07, 6.45) is 3.48. The van der Waals surface area contributed by atoms with Crippen molar-refractivity contribution < 1.29 is 0 Å². The van der Waals surface area contributed by atoms with Gasteiger partial charge in [-0.2, -0.15) is 5.10 Å². The zero-order valence-electron chi connectivity index (χ0n) is 11.1. The maximum absolute atomic E-state index is 4.19. The van der Waals surface area contributed by atoms with Crippen LogP contribution < -0.4 is 10.2 Å². The highest BCUT2D eigenvalue weighted by Gasteiger charge is 2.27. The Balaban J connectivity index is 1.46. The number of halogens is 1. The lowest BCUT2D eigenvalue weighted by molar-refractivity contribution is 0.424. The summed E-state index contributed by atoms with van der Waals surface area (Å²) in [6.45, 7) is 4.79. The predicted molar refractivity (Wildman–Crippen MR) is 80.7 cm³/mol. The van der Waals surface area contributed by atoms with E-state index in [1.165, 1.54) is 0 Å². The van der Waals surface area contributed by atoms with E-state index in [0.29, 0.717) is 11.9 Å². The summed E-state index contributed by atoms with van der Waals surface area (Å²) in [5.74, 6) is 2.21. The molecule has 104 valence electrons.